The Balaban J connectivity index is 1.56. The van der Waals surface area contributed by atoms with E-state index in [2.05, 4.69) is 39.6 Å². The van der Waals surface area contributed by atoms with Crippen LogP contribution in [0, 0.1) is 0 Å². The molecule has 0 amide bonds. The van der Waals surface area contributed by atoms with E-state index in [-0.39, 0.29) is 11.6 Å². The van der Waals surface area contributed by atoms with Crippen molar-refractivity contribution in [1.29, 1.82) is 0 Å². The number of aromatic nitrogens is 4. The number of rotatable bonds is 3. The van der Waals surface area contributed by atoms with Gasteiger partial charge in [-0.1, -0.05) is 43.5 Å². The van der Waals surface area contributed by atoms with E-state index in [1.165, 1.54) is 44.0 Å². The molecule has 2 aliphatic rings. The summed E-state index contributed by atoms with van der Waals surface area (Å²) in [6, 6.07) is 8.96. The van der Waals surface area contributed by atoms with Crippen molar-refractivity contribution in [3.05, 3.63) is 46.5 Å². The molecule has 1 saturated heterocycles. The maximum atomic E-state index is 12.5. The van der Waals surface area contributed by atoms with Crippen LogP contribution in [0.4, 0.5) is 0 Å². The van der Waals surface area contributed by atoms with E-state index in [0.717, 1.165) is 30.8 Å². The Kier molecular flexibility index (Phi) is 4.28. The van der Waals surface area contributed by atoms with Crippen molar-refractivity contribution in [1.82, 2.24) is 25.1 Å². The molecule has 0 radical (unpaired) electrons. The van der Waals surface area contributed by atoms with Gasteiger partial charge in [-0.2, -0.15) is 5.10 Å². The largest absolute Gasteiger partial charge is 0.315 e. The first-order valence-electron chi connectivity index (χ1n) is 10.1. The van der Waals surface area contributed by atoms with Crippen molar-refractivity contribution in [2.75, 3.05) is 13.1 Å². The first-order chi connectivity index (χ1) is 13.3. The van der Waals surface area contributed by atoms with Crippen LogP contribution in [-0.2, 0) is 0 Å². The highest BCUT2D eigenvalue weighted by atomic mass is 16.1. The third-order valence-corrected chi connectivity index (χ3v) is 6.13. The number of aromatic amines is 1. The molecule has 2 N–H and O–H groups in total. The Morgan fingerprint density at radius 2 is 1.85 bits per heavy atom. The van der Waals surface area contributed by atoms with Gasteiger partial charge in [0.15, 0.2) is 5.52 Å². The van der Waals surface area contributed by atoms with Crippen LogP contribution in [0.25, 0.3) is 22.3 Å². The van der Waals surface area contributed by atoms with Gasteiger partial charge in [-0.05, 0) is 37.3 Å². The number of nitrogens with one attached hydrogen (secondary N) is 2. The molecule has 5 rings (SSSR count). The summed E-state index contributed by atoms with van der Waals surface area (Å²) in [6.07, 6.45) is 9.08. The second-order valence-electron chi connectivity index (χ2n) is 7.83. The summed E-state index contributed by atoms with van der Waals surface area (Å²) in [5, 5.41) is 8.19. The number of nitrogens with zero attached hydrogens (tertiary/aromatic N) is 3. The molecule has 6 heteroatoms. The molecule has 0 bridgehead atoms. The van der Waals surface area contributed by atoms with Gasteiger partial charge in [0.05, 0.1) is 12.4 Å². The fourth-order valence-corrected chi connectivity index (χ4v) is 4.64. The lowest BCUT2D eigenvalue weighted by Gasteiger charge is -2.22. The highest BCUT2D eigenvalue weighted by Gasteiger charge is 2.24. The summed E-state index contributed by atoms with van der Waals surface area (Å²) in [5.74, 6) is 0.688. The van der Waals surface area contributed by atoms with Crippen molar-refractivity contribution in [3.63, 3.8) is 0 Å². The topological polar surface area (TPSA) is 75.6 Å². The Morgan fingerprint density at radius 3 is 2.59 bits per heavy atom. The molecule has 1 aliphatic carbocycles. The molecule has 1 atom stereocenters. The predicted octanol–water partition coefficient (Wildman–Crippen LogP) is 3.37. The Labute approximate surface area is 158 Å². The van der Waals surface area contributed by atoms with Crippen LogP contribution in [0.2, 0.25) is 0 Å². The molecule has 1 aliphatic heterocycles. The second kappa shape index (κ2) is 6.93. The van der Waals surface area contributed by atoms with Gasteiger partial charge in [-0.25, -0.2) is 4.98 Å². The first kappa shape index (κ1) is 16.7. The zero-order valence-corrected chi connectivity index (χ0v) is 15.4. The van der Waals surface area contributed by atoms with Gasteiger partial charge >= 0.3 is 0 Å². The quantitative estimate of drug-likeness (QED) is 0.748. The minimum atomic E-state index is -0.121. The number of hydrogen-bond acceptors (Lipinski definition) is 4. The van der Waals surface area contributed by atoms with Gasteiger partial charge in [-0.15, -0.1) is 0 Å². The van der Waals surface area contributed by atoms with E-state index in [1.54, 1.807) is 0 Å². The third-order valence-electron chi connectivity index (χ3n) is 6.13. The molecule has 2 aromatic heterocycles. The molecule has 2 fully saturated rings. The van der Waals surface area contributed by atoms with Crippen LogP contribution in [0.1, 0.15) is 56.0 Å². The minimum absolute atomic E-state index is 0.121. The smallest absolute Gasteiger partial charge is 0.276 e. The van der Waals surface area contributed by atoms with Crippen molar-refractivity contribution in [2.24, 2.45) is 0 Å². The highest BCUT2D eigenvalue weighted by molar-refractivity contribution is 5.89. The number of H-pyrrole nitrogens is 1. The summed E-state index contributed by atoms with van der Waals surface area (Å²) >= 11 is 0. The summed E-state index contributed by atoms with van der Waals surface area (Å²) in [7, 11) is 0. The highest BCUT2D eigenvalue weighted by Crippen LogP contribution is 2.34. The average molecular weight is 363 g/mol. The molecule has 0 spiro atoms. The molecule has 6 nitrogen and oxygen atoms in total. The Morgan fingerprint density at radius 1 is 1.04 bits per heavy atom. The maximum Gasteiger partial charge on any atom is 0.276 e. The summed E-state index contributed by atoms with van der Waals surface area (Å²) in [6.45, 7) is 1.79. The van der Waals surface area contributed by atoms with Gasteiger partial charge in [0.2, 0.25) is 0 Å². The average Bonchev–Trinajstić information content (AvgIpc) is 3.37. The standard InChI is InChI=1S/C21H25N5O/c27-21-20-19(23-13-24-21)18(25-26(20)17-10-11-22-12-17)16-8-6-15(7-9-16)14-4-2-1-3-5-14/h6-9,13-14,17,22H,1-5,10-12H2,(H,23,24,27). The van der Waals surface area contributed by atoms with Crippen molar-refractivity contribution in [2.45, 2.75) is 50.5 Å². The van der Waals surface area contributed by atoms with Crippen LogP contribution in [0.3, 0.4) is 0 Å². The lowest BCUT2D eigenvalue weighted by Crippen LogP contribution is -2.18. The zero-order valence-electron chi connectivity index (χ0n) is 15.4. The predicted molar refractivity (Wildman–Crippen MR) is 106 cm³/mol. The number of benzene rings is 1. The van der Waals surface area contributed by atoms with Gasteiger partial charge in [0.1, 0.15) is 11.2 Å². The van der Waals surface area contributed by atoms with E-state index in [4.69, 9.17) is 5.10 Å². The SMILES string of the molecule is O=c1[nH]cnc2c(-c3ccc(C4CCCCC4)cc3)nn(C3CCNC3)c12. The van der Waals surface area contributed by atoms with Gasteiger partial charge in [0, 0.05) is 12.1 Å². The first-order valence-corrected chi connectivity index (χ1v) is 10.1. The van der Waals surface area contributed by atoms with E-state index in [9.17, 15) is 4.79 Å². The number of hydrogen-bond donors (Lipinski definition) is 2. The summed E-state index contributed by atoms with van der Waals surface area (Å²) in [5.41, 5.74) is 4.41. The molecule has 3 aromatic rings. The van der Waals surface area contributed by atoms with E-state index >= 15 is 0 Å². The van der Waals surface area contributed by atoms with Crippen LogP contribution in [-0.4, -0.2) is 32.8 Å². The lowest BCUT2D eigenvalue weighted by atomic mass is 9.84. The molecule has 3 heterocycles. The van der Waals surface area contributed by atoms with Crippen molar-refractivity contribution >= 4 is 11.0 Å². The molecular formula is C21H25N5O. The maximum absolute atomic E-state index is 12.5. The second-order valence-corrected chi connectivity index (χ2v) is 7.83. The monoisotopic (exact) mass is 363 g/mol. The van der Waals surface area contributed by atoms with Gasteiger partial charge < -0.3 is 10.3 Å². The zero-order chi connectivity index (χ0) is 18.2. The van der Waals surface area contributed by atoms with Gasteiger partial charge in [-0.3, -0.25) is 9.48 Å². The molecule has 1 unspecified atom stereocenters. The molecule has 27 heavy (non-hydrogen) atoms. The fourth-order valence-electron chi connectivity index (χ4n) is 4.64. The normalized spacial score (nSPS) is 21.1. The number of fused-ring (bicyclic) bond motifs is 1. The van der Waals surface area contributed by atoms with E-state index in [0.29, 0.717) is 17.0 Å². The fraction of sp³-hybridized carbons (Fsp3) is 0.476. The van der Waals surface area contributed by atoms with Crippen LogP contribution < -0.4 is 10.9 Å². The Bertz CT molecular complexity index is 992. The van der Waals surface area contributed by atoms with Crippen molar-refractivity contribution < 1.29 is 0 Å². The summed E-state index contributed by atoms with van der Waals surface area (Å²) in [4.78, 5) is 19.7. The van der Waals surface area contributed by atoms with E-state index < -0.39 is 0 Å². The molecule has 1 saturated carbocycles. The minimum Gasteiger partial charge on any atom is -0.315 e. The van der Waals surface area contributed by atoms with Gasteiger partial charge in [0.25, 0.3) is 5.56 Å². The van der Waals surface area contributed by atoms with Crippen LogP contribution in [0.15, 0.2) is 35.4 Å². The van der Waals surface area contributed by atoms with Crippen molar-refractivity contribution in [3.8, 4) is 11.3 Å². The molecular weight excluding hydrogens is 338 g/mol. The Hall–Kier alpha value is -2.47. The van der Waals surface area contributed by atoms with E-state index in [1.807, 2.05) is 4.68 Å². The van der Waals surface area contributed by atoms with Crippen LogP contribution in [0.5, 0.6) is 0 Å². The molecule has 140 valence electrons. The lowest BCUT2D eigenvalue weighted by molar-refractivity contribution is 0.443. The molecule has 1 aromatic carbocycles. The third kappa shape index (κ3) is 2.98. The van der Waals surface area contributed by atoms with Crippen LogP contribution >= 0.6 is 0 Å². The summed E-state index contributed by atoms with van der Waals surface area (Å²) < 4.78 is 1.88.